The molecule has 1 aromatic carbocycles. The van der Waals surface area contributed by atoms with Gasteiger partial charge in [-0.15, -0.1) is 0 Å². The molecule has 4 nitrogen and oxygen atoms in total. The van der Waals surface area contributed by atoms with Crippen LogP contribution in [0.2, 0.25) is 0 Å². The fraction of sp³-hybridized carbons (Fsp3) is 0.588. The SMILES string of the molecule is CCN(CC)Cc1ccccc1NC(=O)C(CN)C(C)C. The molecule has 21 heavy (non-hydrogen) atoms. The average molecular weight is 291 g/mol. The van der Waals surface area contributed by atoms with Crippen LogP contribution in [0.1, 0.15) is 33.3 Å². The van der Waals surface area contributed by atoms with Crippen LogP contribution >= 0.6 is 0 Å². The lowest BCUT2D eigenvalue weighted by Gasteiger charge is -2.22. The molecule has 1 amide bonds. The Hall–Kier alpha value is -1.39. The van der Waals surface area contributed by atoms with Gasteiger partial charge in [0.05, 0.1) is 5.92 Å². The molecule has 0 aliphatic carbocycles. The normalized spacial score (nSPS) is 12.7. The van der Waals surface area contributed by atoms with Crippen molar-refractivity contribution in [2.45, 2.75) is 34.2 Å². The van der Waals surface area contributed by atoms with E-state index in [9.17, 15) is 4.79 Å². The fourth-order valence-corrected chi connectivity index (χ4v) is 2.38. The van der Waals surface area contributed by atoms with Gasteiger partial charge in [-0.25, -0.2) is 0 Å². The molecular formula is C17H29N3O. The van der Waals surface area contributed by atoms with Gasteiger partial charge in [-0.2, -0.15) is 0 Å². The van der Waals surface area contributed by atoms with Crippen LogP contribution in [0, 0.1) is 11.8 Å². The summed E-state index contributed by atoms with van der Waals surface area (Å²) in [7, 11) is 0. The molecule has 0 aromatic heterocycles. The number of para-hydroxylation sites is 1. The lowest BCUT2D eigenvalue weighted by Crippen LogP contribution is -2.33. The molecule has 1 rings (SSSR count). The maximum absolute atomic E-state index is 12.4. The fourth-order valence-electron chi connectivity index (χ4n) is 2.38. The van der Waals surface area contributed by atoms with E-state index >= 15 is 0 Å². The zero-order valence-electron chi connectivity index (χ0n) is 13.7. The lowest BCUT2D eigenvalue weighted by atomic mass is 9.95. The van der Waals surface area contributed by atoms with Gasteiger partial charge in [0.1, 0.15) is 0 Å². The van der Waals surface area contributed by atoms with Gasteiger partial charge in [0.2, 0.25) is 5.91 Å². The van der Waals surface area contributed by atoms with Gasteiger partial charge in [-0.05, 0) is 30.6 Å². The summed E-state index contributed by atoms with van der Waals surface area (Å²) >= 11 is 0. The second-order valence-electron chi connectivity index (χ2n) is 5.69. The van der Waals surface area contributed by atoms with Crippen molar-refractivity contribution in [3.63, 3.8) is 0 Å². The molecule has 0 saturated heterocycles. The van der Waals surface area contributed by atoms with Crippen molar-refractivity contribution < 1.29 is 4.79 Å². The van der Waals surface area contributed by atoms with Crippen molar-refractivity contribution in [2.24, 2.45) is 17.6 Å². The number of nitrogens with zero attached hydrogens (tertiary/aromatic N) is 1. The van der Waals surface area contributed by atoms with Gasteiger partial charge in [0.25, 0.3) is 0 Å². The molecule has 1 aromatic rings. The average Bonchev–Trinajstić information content (AvgIpc) is 2.46. The first-order valence-electron chi connectivity index (χ1n) is 7.84. The third-order valence-electron chi connectivity index (χ3n) is 3.96. The Bertz CT molecular complexity index is 441. The summed E-state index contributed by atoms with van der Waals surface area (Å²) in [6, 6.07) is 8.00. The molecule has 0 saturated carbocycles. The van der Waals surface area contributed by atoms with Crippen molar-refractivity contribution in [2.75, 3.05) is 25.0 Å². The number of anilines is 1. The maximum Gasteiger partial charge on any atom is 0.229 e. The summed E-state index contributed by atoms with van der Waals surface area (Å²) in [4.78, 5) is 14.7. The third-order valence-corrected chi connectivity index (χ3v) is 3.96. The molecule has 0 aliphatic heterocycles. The van der Waals surface area contributed by atoms with E-state index in [1.807, 2.05) is 32.0 Å². The third kappa shape index (κ3) is 5.14. The molecule has 0 heterocycles. The van der Waals surface area contributed by atoms with Gasteiger partial charge in [0, 0.05) is 18.8 Å². The van der Waals surface area contributed by atoms with Gasteiger partial charge >= 0.3 is 0 Å². The Balaban J connectivity index is 2.86. The van der Waals surface area contributed by atoms with Crippen LogP contribution in [0.15, 0.2) is 24.3 Å². The number of hydrogen-bond donors (Lipinski definition) is 2. The van der Waals surface area contributed by atoms with Crippen molar-refractivity contribution >= 4 is 11.6 Å². The smallest absolute Gasteiger partial charge is 0.229 e. The highest BCUT2D eigenvalue weighted by molar-refractivity contribution is 5.93. The molecule has 0 fully saturated rings. The first kappa shape index (κ1) is 17.7. The highest BCUT2D eigenvalue weighted by Crippen LogP contribution is 2.19. The van der Waals surface area contributed by atoms with Crippen LogP contribution in [-0.2, 0) is 11.3 Å². The molecule has 0 spiro atoms. The quantitative estimate of drug-likeness (QED) is 0.774. The van der Waals surface area contributed by atoms with Crippen LogP contribution in [0.3, 0.4) is 0 Å². The van der Waals surface area contributed by atoms with E-state index in [-0.39, 0.29) is 17.7 Å². The standard InChI is InChI=1S/C17H29N3O/c1-5-20(6-2)12-14-9-7-8-10-16(14)19-17(21)15(11-18)13(3)4/h7-10,13,15H,5-6,11-12,18H2,1-4H3,(H,19,21). The molecule has 1 unspecified atom stereocenters. The first-order chi connectivity index (χ1) is 10.0. The minimum absolute atomic E-state index is 0.0134. The molecule has 1 atom stereocenters. The Labute approximate surface area is 128 Å². The number of nitrogens with two attached hydrogens (primary N) is 1. The summed E-state index contributed by atoms with van der Waals surface area (Å²) in [5.41, 5.74) is 7.77. The number of nitrogens with one attached hydrogen (secondary N) is 1. The summed E-state index contributed by atoms with van der Waals surface area (Å²) < 4.78 is 0. The van der Waals surface area contributed by atoms with E-state index in [0.717, 1.165) is 30.9 Å². The Kier molecular flexibility index (Phi) is 7.40. The predicted molar refractivity (Wildman–Crippen MR) is 89.1 cm³/mol. The van der Waals surface area contributed by atoms with Gasteiger partial charge < -0.3 is 11.1 Å². The van der Waals surface area contributed by atoms with Gasteiger partial charge in [-0.1, -0.05) is 45.9 Å². The number of rotatable bonds is 8. The first-order valence-corrected chi connectivity index (χ1v) is 7.84. The van der Waals surface area contributed by atoms with Gasteiger partial charge in [0.15, 0.2) is 0 Å². The second-order valence-corrected chi connectivity index (χ2v) is 5.69. The topological polar surface area (TPSA) is 58.4 Å². The minimum Gasteiger partial charge on any atom is -0.330 e. The molecule has 118 valence electrons. The zero-order chi connectivity index (χ0) is 15.8. The summed E-state index contributed by atoms with van der Waals surface area (Å²) in [5.74, 6) is 0.107. The summed E-state index contributed by atoms with van der Waals surface area (Å²) in [5, 5.41) is 3.05. The number of carbonyl (C=O) groups is 1. The van der Waals surface area contributed by atoms with E-state index in [4.69, 9.17) is 5.73 Å². The molecule has 0 radical (unpaired) electrons. The van der Waals surface area contributed by atoms with Crippen LogP contribution < -0.4 is 11.1 Å². The number of benzene rings is 1. The van der Waals surface area contributed by atoms with Crippen molar-refractivity contribution in [3.8, 4) is 0 Å². The molecular weight excluding hydrogens is 262 g/mol. The Morgan fingerprint density at radius 3 is 2.38 bits per heavy atom. The number of amides is 1. The maximum atomic E-state index is 12.4. The van der Waals surface area contributed by atoms with E-state index in [0.29, 0.717) is 6.54 Å². The number of carbonyl (C=O) groups excluding carboxylic acids is 1. The van der Waals surface area contributed by atoms with E-state index < -0.39 is 0 Å². The summed E-state index contributed by atoms with van der Waals surface area (Å²) in [6.45, 7) is 11.6. The molecule has 0 aliphatic rings. The van der Waals surface area contributed by atoms with E-state index in [2.05, 4.69) is 30.1 Å². The predicted octanol–water partition coefficient (Wildman–Crippen LogP) is 2.70. The van der Waals surface area contributed by atoms with E-state index in [1.54, 1.807) is 0 Å². The van der Waals surface area contributed by atoms with Crippen LogP contribution in [0.4, 0.5) is 5.69 Å². The lowest BCUT2D eigenvalue weighted by molar-refractivity contribution is -0.120. The Morgan fingerprint density at radius 1 is 1.24 bits per heavy atom. The van der Waals surface area contributed by atoms with Gasteiger partial charge in [-0.3, -0.25) is 9.69 Å². The largest absolute Gasteiger partial charge is 0.330 e. The molecule has 0 bridgehead atoms. The van der Waals surface area contributed by atoms with Crippen LogP contribution in [-0.4, -0.2) is 30.4 Å². The monoisotopic (exact) mass is 291 g/mol. The highest BCUT2D eigenvalue weighted by Gasteiger charge is 2.21. The van der Waals surface area contributed by atoms with E-state index in [1.165, 1.54) is 0 Å². The second kappa shape index (κ2) is 8.80. The molecule has 4 heteroatoms. The summed E-state index contributed by atoms with van der Waals surface area (Å²) in [6.07, 6.45) is 0. The van der Waals surface area contributed by atoms with Crippen LogP contribution in [0.5, 0.6) is 0 Å². The van der Waals surface area contributed by atoms with Crippen molar-refractivity contribution in [1.29, 1.82) is 0 Å². The Morgan fingerprint density at radius 2 is 1.86 bits per heavy atom. The number of hydrogen-bond acceptors (Lipinski definition) is 3. The minimum atomic E-state index is -0.147. The zero-order valence-corrected chi connectivity index (χ0v) is 13.7. The molecule has 3 N–H and O–H groups in total. The highest BCUT2D eigenvalue weighted by atomic mass is 16.1. The van der Waals surface area contributed by atoms with Crippen molar-refractivity contribution in [3.05, 3.63) is 29.8 Å². The van der Waals surface area contributed by atoms with Crippen LogP contribution in [0.25, 0.3) is 0 Å². The van der Waals surface area contributed by atoms with Crippen molar-refractivity contribution in [1.82, 2.24) is 4.90 Å².